The highest BCUT2D eigenvalue weighted by Gasteiger charge is 2.49. The van der Waals surface area contributed by atoms with Gasteiger partial charge in [0.15, 0.2) is 24.2 Å². The number of hydrogen-bond donors (Lipinski definition) is 0. The largest absolute Gasteiger partial charge is 0.468 e. The molecule has 0 bridgehead atoms. The standard InChI is InChI=1S/C45H55F4N5O4Si/c1-26(2)59(27(3)4,28(5)6)17-12-33-37-29(19-35(47)39(33)48)18-32(58-25-55-7)20-34(37)41-40(49)42-38-36(50-41)11-10-31-23-56-16-9-15-54(31)43(38)52-44(51-42)57-24-45-13-8-14-53(45)22-30(46)21-45/h18-20,26-28,30-31H,8-11,13-16,21-25H2,1-7H3/t30-,31+,45+/m1/s1. The summed E-state index contributed by atoms with van der Waals surface area (Å²) in [4.78, 5) is 19.1. The van der Waals surface area contributed by atoms with Gasteiger partial charge in [0.1, 0.15) is 43.6 Å². The zero-order valence-corrected chi connectivity index (χ0v) is 36.2. The number of benzene rings is 2. The summed E-state index contributed by atoms with van der Waals surface area (Å²) in [6, 6.07) is 4.19. The summed E-state index contributed by atoms with van der Waals surface area (Å²) < 4.78 is 88.1. The zero-order chi connectivity index (χ0) is 41.8. The summed E-state index contributed by atoms with van der Waals surface area (Å²) in [6.45, 7) is 15.8. The van der Waals surface area contributed by atoms with Gasteiger partial charge in [0.05, 0.1) is 34.8 Å². The van der Waals surface area contributed by atoms with Crippen LogP contribution in [0.25, 0.3) is 32.9 Å². The number of methoxy groups -OCH3 is 1. The number of aryl methyl sites for hydroxylation is 1. The zero-order valence-electron chi connectivity index (χ0n) is 35.2. The number of anilines is 1. The molecule has 3 saturated heterocycles. The van der Waals surface area contributed by atoms with Crippen LogP contribution in [0.1, 0.15) is 84.9 Å². The fourth-order valence-corrected chi connectivity index (χ4v) is 15.9. The maximum Gasteiger partial charge on any atom is 0.319 e. The Balaban J connectivity index is 1.37. The van der Waals surface area contributed by atoms with Crippen molar-refractivity contribution in [2.75, 3.05) is 58.3 Å². The smallest absolute Gasteiger partial charge is 0.319 e. The van der Waals surface area contributed by atoms with E-state index in [9.17, 15) is 4.39 Å². The molecule has 0 amide bonds. The molecule has 0 radical (unpaired) electrons. The molecule has 0 aliphatic carbocycles. The van der Waals surface area contributed by atoms with Crippen LogP contribution >= 0.6 is 0 Å². The van der Waals surface area contributed by atoms with Crippen LogP contribution in [0.15, 0.2) is 18.2 Å². The molecule has 4 aliphatic rings. The molecule has 4 aromatic rings. The quantitative estimate of drug-likeness (QED) is 0.0673. The van der Waals surface area contributed by atoms with E-state index in [4.69, 9.17) is 33.9 Å². The van der Waals surface area contributed by atoms with Gasteiger partial charge < -0.3 is 23.8 Å². The predicted octanol–water partition coefficient (Wildman–Crippen LogP) is 9.31. The van der Waals surface area contributed by atoms with Gasteiger partial charge in [0.2, 0.25) is 0 Å². The molecule has 59 heavy (non-hydrogen) atoms. The molecule has 8 rings (SSSR count). The van der Waals surface area contributed by atoms with Gasteiger partial charge in [-0.3, -0.25) is 4.90 Å². The lowest BCUT2D eigenvalue weighted by molar-refractivity contribution is 0.0512. The van der Waals surface area contributed by atoms with E-state index in [0.29, 0.717) is 62.5 Å². The van der Waals surface area contributed by atoms with E-state index in [-0.39, 0.29) is 80.9 Å². The average molecular weight is 834 g/mol. The Morgan fingerprint density at radius 3 is 2.47 bits per heavy atom. The van der Waals surface area contributed by atoms with Crippen LogP contribution in [0, 0.1) is 28.9 Å². The molecule has 0 spiro atoms. The summed E-state index contributed by atoms with van der Waals surface area (Å²) in [6.07, 6.45) is 3.00. The summed E-state index contributed by atoms with van der Waals surface area (Å²) >= 11 is 0. The highest BCUT2D eigenvalue weighted by atomic mass is 28.3. The van der Waals surface area contributed by atoms with Crippen molar-refractivity contribution in [3.05, 3.63) is 46.9 Å². The summed E-state index contributed by atoms with van der Waals surface area (Å²) in [7, 11) is -0.962. The SMILES string of the molecule is COCOc1cc(-c2nc3c4c(nc(OC[C@@]56CCCN5C[C@H](F)C6)nc4c2F)N2CCCOC[C@@H]2CC3)c2c(C#C[Si](C(C)C)(C(C)C)C(C)C)c(F)c(F)cc2c1. The van der Waals surface area contributed by atoms with Gasteiger partial charge in [-0.2, -0.15) is 9.97 Å². The first-order valence-corrected chi connectivity index (χ1v) is 23.4. The topological polar surface area (TPSA) is 82.1 Å². The minimum Gasteiger partial charge on any atom is -0.468 e. The van der Waals surface area contributed by atoms with E-state index in [1.54, 1.807) is 12.1 Å². The molecule has 9 nitrogen and oxygen atoms in total. The van der Waals surface area contributed by atoms with Gasteiger partial charge in [0.25, 0.3) is 0 Å². The summed E-state index contributed by atoms with van der Waals surface area (Å²) in [5, 5.41) is 0.974. The lowest BCUT2D eigenvalue weighted by atomic mass is 9.95. The normalized spacial score (nSPS) is 22.2. The average Bonchev–Trinajstić information content (AvgIpc) is 3.55. The van der Waals surface area contributed by atoms with Crippen molar-refractivity contribution in [3.63, 3.8) is 0 Å². The monoisotopic (exact) mass is 833 g/mol. The second kappa shape index (κ2) is 16.4. The van der Waals surface area contributed by atoms with E-state index in [2.05, 4.69) is 62.8 Å². The molecule has 6 heterocycles. The second-order valence-corrected chi connectivity index (χ2v) is 23.3. The predicted molar refractivity (Wildman–Crippen MR) is 224 cm³/mol. The molecule has 0 unspecified atom stereocenters. The van der Waals surface area contributed by atoms with E-state index in [1.165, 1.54) is 7.11 Å². The Morgan fingerprint density at radius 2 is 1.73 bits per heavy atom. The lowest BCUT2D eigenvalue weighted by Crippen LogP contribution is -2.43. The van der Waals surface area contributed by atoms with Crippen LogP contribution in [-0.2, 0) is 15.9 Å². The third kappa shape index (κ3) is 7.33. The fraction of sp³-hybridized carbons (Fsp3) is 0.578. The van der Waals surface area contributed by atoms with E-state index >= 15 is 13.2 Å². The van der Waals surface area contributed by atoms with Gasteiger partial charge in [-0.1, -0.05) is 47.5 Å². The molecule has 0 N–H and O–H groups in total. The van der Waals surface area contributed by atoms with Crippen molar-refractivity contribution in [3.8, 4) is 34.5 Å². The molecule has 3 atom stereocenters. The molecule has 4 aliphatic heterocycles. The first kappa shape index (κ1) is 41.7. The Morgan fingerprint density at radius 1 is 0.949 bits per heavy atom. The Labute approximate surface area is 345 Å². The Bertz CT molecular complexity index is 2300. The second-order valence-electron chi connectivity index (χ2n) is 17.8. The number of hydrogen-bond acceptors (Lipinski definition) is 9. The van der Waals surface area contributed by atoms with E-state index in [1.807, 2.05) is 0 Å². The highest BCUT2D eigenvalue weighted by molar-refractivity contribution is 6.90. The molecule has 316 valence electrons. The van der Waals surface area contributed by atoms with Gasteiger partial charge in [-0.15, -0.1) is 5.54 Å². The van der Waals surface area contributed by atoms with Crippen molar-refractivity contribution in [2.24, 2.45) is 0 Å². The van der Waals surface area contributed by atoms with E-state index < -0.39 is 37.2 Å². The summed E-state index contributed by atoms with van der Waals surface area (Å²) in [5.41, 5.74) is 4.27. The first-order chi connectivity index (χ1) is 28.3. The minimum atomic E-state index is -2.44. The first-order valence-electron chi connectivity index (χ1n) is 21.2. The Kier molecular flexibility index (Phi) is 11.6. The van der Waals surface area contributed by atoms with Crippen LogP contribution in [0.4, 0.5) is 23.4 Å². The fourth-order valence-electron chi connectivity index (χ4n) is 10.7. The van der Waals surface area contributed by atoms with Gasteiger partial charge >= 0.3 is 6.01 Å². The number of rotatable bonds is 10. The van der Waals surface area contributed by atoms with Crippen molar-refractivity contribution < 1.29 is 36.5 Å². The maximum absolute atomic E-state index is 17.8. The molecular weight excluding hydrogens is 779 g/mol. The molecule has 3 fully saturated rings. The number of nitrogens with zero attached hydrogens (tertiary/aromatic N) is 5. The maximum atomic E-state index is 17.8. The Hall–Kier alpha value is -4.03. The van der Waals surface area contributed by atoms with Crippen LogP contribution in [-0.4, -0.2) is 99.0 Å². The number of halogens is 4. The number of fused-ring (bicyclic) bond motifs is 4. The van der Waals surface area contributed by atoms with Crippen molar-refractivity contribution in [1.82, 2.24) is 19.9 Å². The lowest BCUT2D eigenvalue weighted by Gasteiger charge is -2.38. The van der Waals surface area contributed by atoms with Crippen molar-refractivity contribution >= 4 is 35.6 Å². The molecule has 0 saturated carbocycles. The summed E-state index contributed by atoms with van der Waals surface area (Å²) in [5.74, 6) is 0.989. The van der Waals surface area contributed by atoms with E-state index in [0.717, 1.165) is 31.9 Å². The van der Waals surface area contributed by atoms with Crippen LogP contribution in [0.5, 0.6) is 11.8 Å². The molecule has 2 aromatic carbocycles. The van der Waals surface area contributed by atoms with Crippen molar-refractivity contribution in [1.29, 1.82) is 0 Å². The van der Waals surface area contributed by atoms with Gasteiger partial charge in [-0.25, -0.2) is 22.5 Å². The number of pyridine rings is 1. The van der Waals surface area contributed by atoms with Crippen LogP contribution in [0.3, 0.4) is 0 Å². The third-order valence-electron chi connectivity index (χ3n) is 13.4. The number of alkyl halides is 1. The number of ether oxygens (including phenoxy) is 4. The number of aromatic nitrogens is 3. The van der Waals surface area contributed by atoms with Crippen LogP contribution in [0.2, 0.25) is 16.6 Å². The molecule has 14 heteroatoms. The molecular formula is C45H55F4N5O4Si. The van der Waals surface area contributed by atoms with Crippen molar-refractivity contribution in [2.45, 2.75) is 114 Å². The van der Waals surface area contributed by atoms with Gasteiger partial charge in [0, 0.05) is 44.2 Å². The molecule has 2 aromatic heterocycles. The minimum absolute atomic E-state index is 0.00353. The van der Waals surface area contributed by atoms with Gasteiger partial charge in [-0.05, 0) is 78.9 Å². The van der Waals surface area contributed by atoms with Crippen LogP contribution < -0.4 is 14.4 Å². The highest BCUT2D eigenvalue weighted by Crippen LogP contribution is 2.45. The third-order valence-corrected chi connectivity index (χ3v) is 19.7.